The summed E-state index contributed by atoms with van der Waals surface area (Å²) in [5.41, 5.74) is 7.93. The predicted molar refractivity (Wildman–Crippen MR) is 78.7 cm³/mol. The van der Waals surface area contributed by atoms with Crippen LogP contribution < -0.4 is 10.6 Å². The molecule has 2 aromatic carbocycles. The molecule has 0 heterocycles. The first-order valence-corrected chi connectivity index (χ1v) is 6.48. The fraction of sp³-hybridized carbons (Fsp3) is 0.200. The molecule has 2 N–H and O–H groups in total. The summed E-state index contributed by atoms with van der Waals surface area (Å²) < 4.78 is 13.9. The molecule has 19 heavy (non-hydrogen) atoms. The van der Waals surface area contributed by atoms with Gasteiger partial charge in [-0.05, 0) is 36.7 Å². The first-order valence-electron chi connectivity index (χ1n) is 6.11. The van der Waals surface area contributed by atoms with Crippen LogP contribution in [0.25, 0.3) is 0 Å². The number of rotatable bonds is 4. The molecule has 4 heteroatoms. The zero-order valence-corrected chi connectivity index (χ0v) is 11.5. The number of nitrogens with zero attached hydrogens (tertiary/aromatic N) is 1. The third-order valence-electron chi connectivity index (χ3n) is 3.03. The number of para-hydroxylation sites is 2. The van der Waals surface area contributed by atoms with Crippen LogP contribution in [0.2, 0.25) is 5.02 Å². The number of nitrogens with two attached hydrogens (primary N) is 1. The lowest BCUT2D eigenvalue weighted by Gasteiger charge is -2.24. The van der Waals surface area contributed by atoms with Crippen molar-refractivity contribution in [2.75, 3.05) is 18.5 Å². The van der Waals surface area contributed by atoms with Crippen molar-refractivity contribution in [3.63, 3.8) is 0 Å². The molecule has 0 unspecified atom stereocenters. The van der Waals surface area contributed by atoms with E-state index in [0.29, 0.717) is 23.7 Å². The summed E-state index contributed by atoms with van der Waals surface area (Å²) in [6.07, 6.45) is 0.703. The SMILES string of the molecule is CN(c1ccccc1F)c1c(Cl)cccc1CCN. The fourth-order valence-electron chi connectivity index (χ4n) is 2.14. The van der Waals surface area contributed by atoms with Crippen molar-refractivity contribution in [3.05, 3.63) is 58.9 Å². The third kappa shape index (κ3) is 2.88. The van der Waals surface area contributed by atoms with Crippen LogP contribution in [0, 0.1) is 5.82 Å². The van der Waals surface area contributed by atoms with Crippen LogP contribution >= 0.6 is 11.6 Å². The van der Waals surface area contributed by atoms with Gasteiger partial charge in [-0.25, -0.2) is 4.39 Å². The molecular formula is C15H16ClFN2. The average Bonchev–Trinajstić information content (AvgIpc) is 2.39. The van der Waals surface area contributed by atoms with Gasteiger partial charge in [-0.3, -0.25) is 0 Å². The van der Waals surface area contributed by atoms with E-state index in [1.807, 2.05) is 12.1 Å². The van der Waals surface area contributed by atoms with Crippen molar-refractivity contribution < 1.29 is 4.39 Å². The zero-order chi connectivity index (χ0) is 13.8. The fourth-order valence-corrected chi connectivity index (χ4v) is 2.46. The Morgan fingerprint density at radius 2 is 1.89 bits per heavy atom. The normalized spacial score (nSPS) is 10.5. The highest BCUT2D eigenvalue weighted by Crippen LogP contribution is 2.35. The van der Waals surface area contributed by atoms with Gasteiger partial charge in [0.15, 0.2) is 0 Å². The Kier molecular flexibility index (Phi) is 4.40. The van der Waals surface area contributed by atoms with E-state index in [4.69, 9.17) is 17.3 Å². The quantitative estimate of drug-likeness (QED) is 0.923. The van der Waals surface area contributed by atoms with Gasteiger partial charge in [-0.15, -0.1) is 0 Å². The van der Waals surface area contributed by atoms with E-state index in [0.717, 1.165) is 11.3 Å². The van der Waals surface area contributed by atoms with Crippen molar-refractivity contribution in [1.82, 2.24) is 0 Å². The van der Waals surface area contributed by atoms with Gasteiger partial charge in [0.1, 0.15) is 5.82 Å². The summed E-state index contributed by atoms with van der Waals surface area (Å²) in [6.45, 7) is 0.526. The summed E-state index contributed by atoms with van der Waals surface area (Å²) >= 11 is 6.26. The molecule has 0 saturated heterocycles. The minimum atomic E-state index is -0.274. The Labute approximate surface area is 117 Å². The van der Waals surface area contributed by atoms with E-state index in [1.54, 1.807) is 36.2 Å². The second kappa shape index (κ2) is 6.04. The summed E-state index contributed by atoms with van der Waals surface area (Å²) in [6, 6.07) is 12.3. The maximum Gasteiger partial charge on any atom is 0.146 e. The van der Waals surface area contributed by atoms with Crippen LogP contribution in [0.4, 0.5) is 15.8 Å². The summed E-state index contributed by atoms with van der Waals surface area (Å²) in [4.78, 5) is 1.77. The van der Waals surface area contributed by atoms with Crippen molar-refractivity contribution >= 4 is 23.0 Å². The van der Waals surface area contributed by atoms with E-state index < -0.39 is 0 Å². The lowest BCUT2D eigenvalue weighted by molar-refractivity contribution is 0.627. The van der Waals surface area contributed by atoms with Crippen LogP contribution in [-0.2, 0) is 6.42 Å². The molecule has 2 nitrogen and oxygen atoms in total. The molecule has 0 atom stereocenters. The minimum absolute atomic E-state index is 0.274. The number of halogens is 2. The van der Waals surface area contributed by atoms with Crippen LogP contribution in [0.5, 0.6) is 0 Å². The Morgan fingerprint density at radius 3 is 2.58 bits per heavy atom. The zero-order valence-electron chi connectivity index (χ0n) is 10.7. The minimum Gasteiger partial charge on any atom is -0.341 e. The van der Waals surface area contributed by atoms with Gasteiger partial charge in [0, 0.05) is 7.05 Å². The molecule has 0 saturated carbocycles. The van der Waals surface area contributed by atoms with E-state index in [2.05, 4.69) is 0 Å². The van der Waals surface area contributed by atoms with Crippen LogP contribution in [0.15, 0.2) is 42.5 Å². The monoisotopic (exact) mass is 278 g/mol. The van der Waals surface area contributed by atoms with Gasteiger partial charge in [-0.2, -0.15) is 0 Å². The van der Waals surface area contributed by atoms with Crippen LogP contribution in [-0.4, -0.2) is 13.6 Å². The van der Waals surface area contributed by atoms with E-state index in [1.165, 1.54) is 6.07 Å². The lowest BCUT2D eigenvalue weighted by Crippen LogP contribution is -2.15. The largest absolute Gasteiger partial charge is 0.341 e. The van der Waals surface area contributed by atoms with Crippen LogP contribution in [0.1, 0.15) is 5.56 Å². The molecule has 0 fully saturated rings. The van der Waals surface area contributed by atoms with Crippen molar-refractivity contribution in [1.29, 1.82) is 0 Å². The third-order valence-corrected chi connectivity index (χ3v) is 3.34. The molecule has 0 amide bonds. The molecule has 100 valence electrons. The maximum absolute atomic E-state index is 13.9. The number of benzene rings is 2. The van der Waals surface area contributed by atoms with E-state index >= 15 is 0 Å². The highest BCUT2D eigenvalue weighted by Gasteiger charge is 2.15. The molecule has 0 radical (unpaired) electrons. The first-order chi connectivity index (χ1) is 9.15. The van der Waals surface area contributed by atoms with E-state index in [-0.39, 0.29) is 5.82 Å². The molecule has 0 aliphatic carbocycles. The summed E-state index contributed by atoms with van der Waals surface area (Å²) in [5, 5.41) is 0.594. The van der Waals surface area contributed by atoms with Gasteiger partial charge < -0.3 is 10.6 Å². The van der Waals surface area contributed by atoms with Gasteiger partial charge in [0.05, 0.1) is 16.4 Å². The Bertz CT molecular complexity index is 572. The molecule has 0 aliphatic rings. The lowest BCUT2D eigenvalue weighted by atomic mass is 10.1. The van der Waals surface area contributed by atoms with Crippen molar-refractivity contribution in [2.24, 2.45) is 5.73 Å². The molecule has 0 spiro atoms. The topological polar surface area (TPSA) is 29.3 Å². The average molecular weight is 279 g/mol. The van der Waals surface area contributed by atoms with E-state index in [9.17, 15) is 4.39 Å². The Balaban J connectivity index is 2.49. The molecule has 0 aromatic heterocycles. The standard InChI is InChI=1S/C15H16ClFN2/c1-19(14-8-3-2-7-13(14)17)15-11(9-10-18)5-4-6-12(15)16/h2-8H,9-10,18H2,1H3. The smallest absolute Gasteiger partial charge is 0.146 e. The first kappa shape index (κ1) is 13.8. The highest BCUT2D eigenvalue weighted by molar-refractivity contribution is 6.33. The number of hydrogen-bond acceptors (Lipinski definition) is 2. The number of hydrogen-bond donors (Lipinski definition) is 1. The maximum atomic E-state index is 13.9. The van der Waals surface area contributed by atoms with Crippen LogP contribution in [0.3, 0.4) is 0 Å². The molecule has 2 rings (SSSR count). The molecule has 0 bridgehead atoms. The predicted octanol–water partition coefficient (Wildman–Crippen LogP) is 3.75. The van der Waals surface area contributed by atoms with Gasteiger partial charge in [0.2, 0.25) is 0 Å². The van der Waals surface area contributed by atoms with Gasteiger partial charge >= 0.3 is 0 Å². The summed E-state index contributed by atoms with van der Waals surface area (Å²) in [7, 11) is 1.81. The molecular weight excluding hydrogens is 263 g/mol. The van der Waals surface area contributed by atoms with Gasteiger partial charge in [-0.1, -0.05) is 35.9 Å². The number of anilines is 2. The second-order valence-electron chi connectivity index (χ2n) is 4.30. The Hall–Kier alpha value is -1.58. The molecule has 0 aliphatic heterocycles. The highest BCUT2D eigenvalue weighted by atomic mass is 35.5. The van der Waals surface area contributed by atoms with Crippen molar-refractivity contribution in [2.45, 2.75) is 6.42 Å². The van der Waals surface area contributed by atoms with Gasteiger partial charge in [0.25, 0.3) is 0 Å². The Morgan fingerprint density at radius 1 is 1.16 bits per heavy atom. The summed E-state index contributed by atoms with van der Waals surface area (Å²) in [5.74, 6) is -0.274. The molecule has 2 aromatic rings. The van der Waals surface area contributed by atoms with Crippen molar-refractivity contribution in [3.8, 4) is 0 Å². The second-order valence-corrected chi connectivity index (χ2v) is 4.70.